The van der Waals surface area contributed by atoms with E-state index in [9.17, 15) is 9.59 Å². The van der Waals surface area contributed by atoms with Crippen molar-refractivity contribution in [2.24, 2.45) is 0 Å². The van der Waals surface area contributed by atoms with E-state index in [1.165, 1.54) is 0 Å². The number of hydrogen-bond donors (Lipinski definition) is 1. The van der Waals surface area contributed by atoms with Crippen LogP contribution in [0.25, 0.3) is 11.0 Å². The second kappa shape index (κ2) is 6.59. The lowest BCUT2D eigenvalue weighted by Gasteiger charge is -2.14. The second-order valence-corrected chi connectivity index (χ2v) is 6.53. The molecular weight excluding hydrogens is 316 g/mol. The smallest absolute Gasteiger partial charge is 0.349 e. The van der Waals surface area contributed by atoms with Gasteiger partial charge in [0, 0.05) is 29.4 Å². The lowest BCUT2D eigenvalue weighted by molar-refractivity contribution is 0.0947. The maximum absolute atomic E-state index is 12.4. The van der Waals surface area contributed by atoms with Crippen LogP contribution in [-0.4, -0.2) is 10.5 Å². The monoisotopic (exact) mass is 338 g/mol. The second-order valence-electron chi connectivity index (χ2n) is 6.53. The first-order valence-corrected chi connectivity index (χ1v) is 8.37. The van der Waals surface area contributed by atoms with Gasteiger partial charge in [-0.15, -0.1) is 0 Å². The molecule has 3 rings (SSSR count). The van der Waals surface area contributed by atoms with Gasteiger partial charge in [0.2, 0.25) is 0 Å². The number of hydrogen-bond acceptors (Lipinski definition) is 3. The molecule has 5 nitrogen and oxygen atoms in total. The van der Waals surface area contributed by atoms with Gasteiger partial charge in [-0.1, -0.05) is 18.2 Å². The number of carbonyl (C=O) groups excluding carboxylic acids is 1. The van der Waals surface area contributed by atoms with E-state index >= 15 is 0 Å². The minimum atomic E-state index is -0.621. The highest BCUT2D eigenvalue weighted by Crippen LogP contribution is 2.20. The lowest BCUT2D eigenvalue weighted by Crippen LogP contribution is -2.28. The van der Waals surface area contributed by atoms with Crippen LogP contribution in [0, 0.1) is 13.8 Å². The Balaban J connectivity index is 1.83. The standard InChI is InChI=1S/C20H22N2O3/c1-12(2)22-13(3)9-16(14(22)4)11-21-19(23)17-10-15-7-5-6-8-18(15)25-20(17)24/h5-10,12H,11H2,1-4H3,(H,21,23). The summed E-state index contributed by atoms with van der Waals surface area (Å²) in [5.41, 5.74) is 3.20. The average molecular weight is 338 g/mol. The molecule has 3 aromatic rings. The Morgan fingerprint density at radius 3 is 2.60 bits per heavy atom. The molecule has 1 N–H and O–H groups in total. The van der Waals surface area contributed by atoms with Crippen molar-refractivity contribution < 1.29 is 9.21 Å². The van der Waals surface area contributed by atoms with Crippen molar-refractivity contribution in [2.75, 3.05) is 0 Å². The number of aryl methyl sites for hydroxylation is 1. The van der Waals surface area contributed by atoms with Crippen LogP contribution in [0.2, 0.25) is 0 Å². The zero-order valence-corrected chi connectivity index (χ0v) is 14.9. The van der Waals surface area contributed by atoms with E-state index in [-0.39, 0.29) is 5.56 Å². The predicted molar refractivity (Wildman–Crippen MR) is 97.9 cm³/mol. The molecule has 1 amide bonds. The van der Waals surface area contributed by atoms with Crippen LogP contribution in [0.3, 0.4) is 0 Å². The van der Waals surface area contributed by atoms with Gasteiger partial charge in [0.25, 0.3) is 5.91 Å². The maximum atomic E-state index is 12.4. The predicted octanol–water partition coefficient (Wildman–Crippen LogP) is 3.72. The Labute approximate surface area is 146 Å². The summed E-state index contributed by atoms with van der Waals surface area (Å²) in [6, 6.07) is 11.1. The highest BCUT2D eigenvalue weighted by Gasteiger charge is 2.16. The van der Waals surface area contributed by atoms with E-state index in [0.29, 0.717) is 18.2 Å². The van der Waals surface area contributed by atoms with Gasteiger partial charge in [-0.05, 0) is 51.5 Å². The van der Waals surface area contributed by atoms with Crippen LogP contribution in [-0.2, 0) is 6.54 Å². The van der Waals surface area contributed by atoms with Crippen molar-refractivity contribution in [3.63, 3.8) is 0 Å². The first-order chi connectivity index (χ1) is 11.9. The molecule has 0 saturated carbocycles. The van der Waals surface area contributed by atoms with E-state index in [2.05, 4.69) is 36.7 Å². The molecule has 1 aromatic carbocycles. The molecular formula is C20H22N2O3. The molecule has 2 aromatic heterocycles. The molecule has 0 saturated heterocycles. The molecule has 0 radical (unpaired) electrons. The highest BCUT2D eigenvalue weighted by atomic mass is 16.4. The number of amides is 1. The summed E-state index contributed by atoms with van der Waals surface area (Å²) < 4.78 is 7.45. The molecule has 25 heavy (non-hydrogen) atoms. The van der Waals surface area contributed by atoms with E-state index in [1.54, 1.807) is 18.2 Å². The molecule has 0 unspecified atom stereocenters. The summed E-state index contributed by atoms with van der Waals surface area (Å²) in [6.07, 6.45) is 0. The minimum absolute atomic E-state index is 0.0244. The molecule has 0 spiro atoms. The molecule has 0 aliphatic carbocycles. The molecule has 0 aliphatic heterocycles. The van der Waals surface area contributed by atoms with Gasteiger partial charge in [0.15, 0.2) is 0 Å². The van der Waals surface area contributed by atoms with Gasteiger partial charge in [-0.25, -0.2) is 4.79 Å². The number of carbonyl (C=O) groups is 1. The summed E-state index contributed by atoms with van der Waals surface area (Å²) in [5, 5.41) is 3.56. The van der Waals surface area contributed by atoms with Crippen LogP contribution in [0.15, 0.2) is 45.6 Å². The topological polar surface area (TPSA) is 64.2 Å². The van der Waals surface area contributed by atoms with E-state index in [0.717, 1.165) is 22.3 Å². The number of rotatable bonds is 4. The van der Waals surface area contributed by atoms with Crippen molar-refractivity contribution in [3.8, 4) is 0 Å². The van der Waals surface area contributed by atoms with Gasteiger partial charge in [0.05, 0.1) is 0 Å². The van der Waals surface area contributed by atoms with Crippen LogP contribution in [0.5, 0.6) is 0 Å². The number of aromatic nitrogens is 1. The van der Waals surface area contributed by atoms with Crippen LogP contribution in [0.4, 0.5) is 0 Å². The summed E-state index contributed by atoms with van der Waals surface area (Å²) in [7, 11) is 0. The number of nitrogens with zero attached hydrogens (tertiary/aromatic N) is 1. The first-order valence-electron chi connectivity index (χ1n) is 8.37. The highest BCUT2D eigenvalue weighted by molar-refractivity contribution is 5.96. The molecule has 2 heterocycles. The van der Waals surface area contributed by atoms with Crippen molar-refractivity contribution in [1.82, 2.24) is 9.88 Å². The van der Waals surface area contributed by atoms with Crippen LogP contribution in [0.1, 0.15) is 47.2 Å². The van der Waals surface area contributed by atoms with Gasteiger partial charge in [-0.2, -0.15) is 0 Å². The Kier molecular flexibility index (Phi) is 4.49. The normalized spacial score (nSPS) is 11.2. The molecule has 0 fully saturated rings. The van der Waals surface area contributed by atoms with Crippen LogP contribution < -0.4 is 10.9 Å². The van der Waals surface area contributed by atoms with Crippen LogP contribution >= 0.6 is 0 Å². The first kappa shape index (κ1) is 17.0. The van der Waals surface area contributed by atoms with E-state index in [1.807, 2.05) is 19.1 Å². The number of fused-ring (bicyclic) bond motifs is 1. The van der Waals surface area contributed by atoms with Gasteiger partial charge in [0.1, 0.15) is 11.1 Å². The Morgan fingerprint density at radius 2 is 1.92 bits per heavy atom. The minimum Gasteiger partial charge on any atom is -0.422 e. The van der Waals surface area contributed by atoms with Gasteiger partial charge < -0.3 is 14.3 Å². The van der Waals surface area contributed by atoms with Gasteiger partial charge in [-0.3, -0.25) is 4.79 Å². The molecule has 0 atom stereocenters. The maximum Gasteiger partial charge on any atom is 0.349 e. The van der Waals surface area contributed by atoms with E-state index < -0.39 is 11.5 Å². The number of nitrogens with one attached hydrogen (secondary N) is 1. The zero-order chi connectivity index (χ0) is 18.1. The van der Waals surface area contributed by atoms with Crippen molar-refractivity contribution in [2.45, 2.75) is 40.3 Å². The average Bonchev–Trinajstić information content (AvgIpc) is 2.85. The fourth-order valence-corrected chi connectivity index (χ4v) is 3.31. The van der Waals surface area contributed by atoms with Crippen molar-refractivity contribution >= 4 is 16.9 Å². The quantitative estimate of drug-likeness (QED) is 0.737. The fourth-order valence-electron chi connectivity index (χ4n) is 3.31. The molecule has 0 aliphatic rings. The zero-order valence-electron chi connectivity index (χ0n) is 14.9. The SMILES string of the molecule is Cc1cc(CNC(=O)c2cc3ccccc3oc2=O)c(C)n1C(C)C. The summed E-state index contributed by atoms with van der Waals surface area (Å²) in [5.74, 6) is -0.422. The largest absolute Gasteiger partial charge is 0.422 e. The Morgan fingerprint density at radius 1 is 1.20 bits per heavy atom. The number of benzene rings is 1. The van der Waals surface area contributed by atoms with Crippen molar-refractivity contribution in [3.05, 3.63) is 69.3 Å². The summed E-state index contributed by atoms with van der Waals surface area (Å²) >= 11 is 0. The Hall–Kier alpha value is -2.82. The van der Waals surface area contributed by atoms with Crippen molar-refractivity contribution in [1.29, 1.82) is 0 Å². The lowest BCUT2D eigenvalue weighted by atomic mass is 10.1. The third-order valence-electron chi connectivity index (χ3n) is 4.43. The third-order valence-corrected chi connectivity index (χ3v) is 4.43. The molecule has 5 heteroatoms. The fraction of sp³-hybridized carbons (Fsp3) is 0.300. The van der Waals surface area contributed by atoms with Gasteiger partial charge >= 0.3 is 5.63 Å². The molecule has 130 valence electrons. The third kappa shape index (κ3) is 3.22. The summed E-state index contributed by atoms with van der Waals surface area (Å²) in [6.45, 7) is 8.72. The summed E-state index contributed by atoms with van der Waals surface area (Å²) in [4.78, 5) is 24.5. The Bertz CT molecular complexity index is 996. The van der Waals surface area contributed by atoms with E-state index in [4.69, 9.17) is 4.42 Å². The number of para-hydroxylation sites is 1. The molecule has 0 bridgehead atoms.